The average Bonchev–Trinajstić information content (AvgIpc) is 2.77. The fourth-order valence-electron chi connectivity index (χ4n) is 2.04. The minimum absolute atomic E-state index is 0.000671. The van der Waals surface area contributed by atoms with Gasteiger partial charge in [0.2, 0.25) is 0 Å². The van der Waals surface area contributed by atoms with Gasteiger partial charge in [0.1, 0.15) is 6.04 Å². The van der Waals surface area contributed by atoms with E-state index in [-0.39, 0.29) is 31.9 Å². The summed E-state index contributed by atoms with van der Waals surface area (Å²) in [7, 11) is 0. The van der Waals surface area contributed by atoms with Crippen LogP contribution in [0.5, 0.6) is 0 Å². The third-order valence-corrected chi connectivity index (χ3v) is 2.96. The molecule has 0 spiro atoms. The minimum atomic E-state index is -1.14. The van der Waals surface area contributed by atoms with Crippen LogP contribution >= 0.6 is 0 Å². The predicted octanol–water partition coefficient (Wildman–Crippen LogP) is -0.441. The first-order chi connectivity index (χ1) is 9.45. The summed E-state index contributed by atoms with van der Waals surface area (Å²) in [6, 6.07) is -1.55. The van der Waals surface area contributed by atoms with E-state index >= 15 is 0 Å². The summed E-state index contributed by atoms with van der Waals surface area (Å²) in [6.07, 6.45) is -0.176. The number of nitrogens with one attached hydrogen (secondary N) is 1. The van der Waals surface area contributed by atoms with Gasteiger partial charge in [0.05, 0.1) is 12.7 Å². The Morgan fingerprint density at radius 3 is 2.70 bits per heavy atom. The molecular formula is C12H20N2O6. The normalized spacial score (nSPS) is 21.6. The SMILES string of the molecule is CCOC(=O)CCCNC(=O)N1C[C@@H](O)C[C@H]1C(=O)O. The van der Waals surface area contributed by atoms with Gasteiger partial charge in [-0.3, -0.25) is 4.79 Å². The summed E-state index contributed by atoms with van der Waals surface area (Å²) in [5.41, 5.74) is 0. The molecule has 0 radical (unpaired) electrons. The van der Waals surface area contributed by atoms with Gasteiger partial charge in [0, 0.05) is 25.9 Å². The topological polar surface area (TPSA) is 116 Å². The Hall–Kier alpha value is -1.83. The van der Waals surface area contributed by atoms with Crippen LogP contribution in [-0.4, -0.2) is 64.9 Å². The van der Waals surface area contributed by atoms with Crippen molar-refractivity contribution in [3.63, 3.8) is 0 Å². The number of hydrogen-bond acceptors (Lipinski definition) is 5. The number of β-amino-alcohol motifs (C(OH)–C–C–N with tert-alkyl or cyclic N) is 1. The lowest BCUT2D eigenvalue weighted by molar-refractivity contribution is -0.143. The second kappa shape index (κ2) is 7.68. The van der Waals surface area contributed by atoms with Crippen molar-refractivity contribution in [3.8, 4) is 0 Å². The van der Waals surface area contributed by atoms with Crippen molar-refractivity contribution < 1.29 is 29.3 Å². The number of carboxylic acids is 1. The average molecular weight is 288 g/mol. The maximum atomic E-state index is 11.8. The Kier molecular flexibility index (Phi) is 6.23. The molecular weight excluding hydrogens is 268 g/mol. The van der Waals surface area contributed by atoms with E-state index in [9.17, 15) is 19.5 Å². The van der Waals surface area contributed by atoms with Gasteiger partial charge < -0.3 is 25.2 Å². The molecule has 1 heterocycles. The molecule has 2 atom stereocenters. The van der Waals surface area contributed by atoms with Gasteiger partial charge in [-0.1, -0.05) is 0 Å². The van der Waals surface area contributed by atoms with Gasteiger partial charge in [0.25, 0.3) is 0 Å². The van der Waals surface area contributed by atoms with Crippen LogP contribution in [0.4, 0.5) is 4.79 Å². The van der Waals surface area contributed by atoms with Crippen molar-refractivity contribution in [2.45, 2.75) is 38.3 Å². The number of rotatable bonds is 6. The van der Waals surface area contributed by atoms with E-state index in [1.807, 2.05) is 0 Å². The Balaban J connectivity index is 2.31. The smallest absolute Gasteiger partial charge is 0.326 e. The van der Waals surface area contributed by atoms with Crippen LogP contribution in [0, 0.1) is 0 Å². The highest BCUT2D eigenvalue weighted by Gasteiger charge is 2.38. The highest BCUT2D eigenvalue weighted by molar-refractivity contribution is 5.83. The van der Waals surface area contributed by atoms with E-state index in [1.165, 1.54) is 0 Å². The summed E-state index contributed by atoms with van der Waals surface area (Å²) >= 11 is 0. The third-order valence-electron chi connectivity index (χ3n) is 2.96. The fraction of sp³-hybridized carbons (Fsp3) is 0.750. The molecule has 1 aliphatic heterocycles. The number of likely N-dealkylation sites (tertiary alicyclic amines) is 1. The molecule has 0 saturated carbocycles. The van der Waals surface area contributed by atoms with E-state index in [2.05, 4.69) is 5.32 Å². The lowest BCUT2D eigenvalue weighted by Gasteiger charge is -2.21. The number of carbonyl (C=O) groups is 3. The number of nitrogens with zero attached hydrogens (tertiary/aromatic N) is 1. The zero-order chi connectivity index (χ0) is 15.1. The van der Waals surface area contributed by atoms with Crippen LogP contribution in [-0.2, 0) is 14.3 Å². The number of aliphatic hydroxyl groups excluding tert-OH is 1. The van der Waals surface area contributed by atoms with E-state index in [0.29, 0.717) is 13.0 Å². The van der Waals surface area contributed by atoms with Crippen LogP contribution in [0.2, 0.25) is 0 Å². The molecule has 1 saturated heterocycles. The molecule has 8 nitrogen and oxygen atoms in total. The molecule has 0 aromatic carbocycles. The summed E-state index contributed by atoms with van der Waals surface area (Å²) in [5, 5.41) is 20.9. The monoisotopic (exact) mass is 288 g/mol. The highest BCUT2D eigenvalue weighted by atomic mass is 16.5. The molecule has 20 heavy (non-hydrogen) atoms. The maximum absolute atomic E-state index is 11.8. The number of ether oxygens (including phenoxy) is 1. The molecule has 8 heteroatoms. The summed E-state index contributed by atoms with van der Waals surface area (Å²) in [4.78, 5) is 34.9. The summed E-state index contributed by atoms with van der Waals surface area (Å²) in [6.45, 7) is 2.28. The van der Waals surface area contributed by atoms with Crippen molar-refractivity contribution in [1.29, 1.82) is 0 Å². The number of esters is 1. The van der Waals surface area contributed by atoms with E-state index in [1.54, 1.807) is 6.92 Å². The molecule has 0 bridgehead atoms. The number of aliphatic carboxylic acids is 1. The van der Waals surface area contributed by atoms with Crippen molar-refractivity contribution >= 4 is 18.0 Å². The Labute approximate surface area is 116 Å². The number of amides is 2. The van der Waals surface area contributed by atoms with Crippen molar-refractivity contribution in [1.82, 2.24) is 10.2 Å². The van der Waals surface area contributed by atoms with Crippen LogP contribution in [0.25, 0.3) is 0 Å². The predicted molar refractivity (Wildman–Crippen MR) is 68.0 cm³/mol. The second-order valence-electron chi connectivity index (χ2n) is 4.54. The number of carboxylic acid groups (broad SMARTS) is 1. The molecule has 0 aromatic rings. The first-order valence-electron chi connectivity index (χ1n) is 6.56. The third kappa shape index (κ3) is 4.69. The minimum Gasteiger partial charge on any atom is -0.480 e. The first kappa shape index (κ1) is 16.2. The molecule has 1 aliphatic rings. The van der Waals surface area contributed by atoms with Gasteiger partial charge in [0.15, 0.2) is 0 Å². The summed E-state index contributed by atoms with van der Waals surface area (Å²) < 4.78 is 4.74. The van der Waals surface area contributed by atoms with Crippen molar-refractivity contribution in [2.24, 2.45) is 0 Å². The molecule has 1 fully saturated rings. The van der Waals surface area contributed by atoms with Crippen molar-refractivity contribution in [3.05, 3.63) is 0 Å². The quantitative estimate of drug-likeness (QED) is 0.450. The van der Waals surface area contributed by atoms with E-state index < -0.39 is 24.1 Å². The second-order valence-corrected chi connectivity index (χ2v) is 4.54. The Morgan fingerprint density at radius 2 is 2.10 bits per heavy atom. The van der Waals surface area contributed by atoms with Gasteiger partial charge >= 0.3 is 18.0 Å². The Bertz CT molecular complexity index is 373. The van der Waals surface area contributed by atoms with Crippen LogP contribution in [0.3, 0.4) is 0 Å². The molecule has 0 aromatic heterocycles. The maximum Gasteiger partial charge on any atom is 0.326 e. The largest absolute Gasteiger partial charge is 0.480 e. The van der Waals surface area contributed by atoms with Gasteiger partial charge in [-0.05, 0) is 13.3 Å². The molecule has 1 rings (SSSR count). The molecule has 0 unspecified atom stereocenters. The number of hydrogen-bond donors (Lipinski definition) is 3. The molecule has 3 N–H and O–H groups in total. The number of carbonyl (C=O) groups excluding carboxylic acids is 2. The zero-order valence-corrected chi connectivity index (χ0v) is 11.4. The number of aliphatic hydroxyl groups is 1. The van der Waals surface area contributed by atoms with Crippen molar-refractivity contribution in [2.75, 3.05) is 19.7 Å². The Morgan fingerprint density at radius 1 is 1.40 bits per heavy atom. The highest BCUT2D eigenvalue weighted by Crippen LogP contribution is 2.17. The van der Waals surface area contributed by atoms with E-state index in [0.717, 1.165) is 4.90 Å². The molecule has 0 aliphatic carbocycles. The fourth-order valence-corrected chi connectivity index (χ4v) is 2.04. The van der Waals surface area contributed by atoms with Gasteiger partial charge in [-0.15, -0.1) is 0 Å². The van der Waals surface area contributed by atoms with E-state index in [4.69, 9.17) is 9.84 Å². The lowest BCUT2D eigenvalue weighted by Crippen LogP contribution is -2.46. The van der Waals surface area contributed by atoms with Crippen LogP contribution in [0.1, 0.15) is 26.2 Å². The zero-order valence-electron chi connectivity index (χ0n) is 11.4. The first-order valence-corrected chi connectivity index (χ1v) is 6.56. The standard InChI is InChI=1S/C12H20N2O6/c1-2-20-10(16)4-3-5-13-12(19)14-7-8(15)6-9(14)11(17)18/h8-9,15H,2-7H2,1H3,(H,13,19)(H,17,18)/t8-,9-/m0/s1. The summed E-state index contributed by atoms with van der Waals surface area (Å²) in [5.74, 6) is -1.47. The molecule has 114 valence electrons. The molecule has 2 amide bonds. The van der Waals surface area contributed by atoms with Gasteiger partial charge in [-0.25, -0.2) is 9.59 Å². The lowest BCUT2D eigenvalue weighted by atomic mass is 10.2. The number of urea groups is 1. The van der Waals surface area contributed by atoms with Crippen LogP contribution in [0.15, 0.2) is 0 Å². The van der Waals surface area contributed by atoms with Gasteiger partial charge in [-0.2, -0.15) is 0 Å². The van der Waals surface area contributed by atoms with Crippen LogP contribution < -0.4 is 5.32 Å².